The molecule has 11 heteroatoms. The highest BCUT2D eigenvalue weighted by Gasteiger charge is 2.18. The van der Waals surface area contributed by atoms with Crippen LogP contribution in [0.4, 0.5) is 22.3 Å². The van der Waals surface area contributed by atoms with Crippen LogP contribution in [0.1, 0.15) is 5.56 Å². The average molecular weight is 308 g/mol. The third-order valence-corrected chi connectivity index (χ3v) is 3.07. The summed E-state index contributed by atoms with van der Waals surface area (Å²) in [4.78, 5) is 24.0. The number of nitro groups is 2. The number of non-ortho nitro benzene ring substituents is 1. The Labute approximate surface area is 121 Å². The molecule has 0 bridgehead atoms. The van der Waals surface area contributed by atoms with Crippen molar-refractivity contribution < 1.29 is 9.85 Å². The summed E-state index contributed by atoms with van der Waals surface area (Å²) in [6.45, 7) is 0. The van der Waals surface area contributed by atoms with E-state index in [9.17, 15) is 20.2 Å². The van der Waals surface area contributed by atoms with Gasteiger partial charge in [-0.1, -0.05) is 0 Å². The monoisotopic (exact) mass is 308 g/mol. The second kappa shape index (κ2) is 5.92. The second-order valence-corrected chi connectivity index (χ2v) is 4.56. The fraction of sp³-hybridized carbons (Fsp3) is 0. The number of thiazole rings is 1. The first kappa shape index (κ1) is 14.3. The Morgan fingerprint density at radius 1 is 1.33 bits per heavy atom. The summed E-state index contributed by atoms with van der Waals surface area (Å²) in [5.41, 5.74) is 7.34. The Kier molecular flexibility index (Phi) is 4.04. The van der Waals surface area contributed by atoms with E-state index in [2.05, 4.69) is 15.5 Å². The molecule has 10 nitrogen and oxygen atoms in total. The first-order valence-corrected chi connectivity index (χ1v) is 6.28. The molecule has 2 aromatic rings. The van der Waals surface area contributed by atoms with E-state index in [1.54, 1.807) is 5.38 Å². The van der Waals surface area contributed by atoms with Gasteiger partial charge in [0.1, 0.15) is 5.82 Å². The Morgan fingerprint density at radius 2 is 2.10 bits per heavy atom. The molecule has 0 aliphatic carbocycles. The molecule has 1 aromatic heterocycles. The maximum absolute atomic E-state index is 10.9. The van der Waals surface area contributed by atoms with Crippen molar-refractivity contribution in [3.05, 3.63) is 49.4 Å². The Hall–Kier alpha value is -3.08. The van der Waals surface area contributed by atoms with Crippen LogP contribution in [0.25, 0.3) is 0 Å². The molecule has 0 aliphatic rings. The number of nitrogens with one attached hydrogen (secondary N) is 1. The van der Waals surface area contributed by atoms with Crippen LogP contribution in [0, 0.1) is 20.2 Å². The highest BCUT2D eigenvalue weighted by Crippen LogP contribution is 2.23. The standard InChI is InChI=1S/C10H8N6O4S/c11-9-5-21-10(13-9)14-12-4-6-1-2-7(15(17)18)3-8(6)16(19)20/h1-5H,11H2,(H,13,14). The molecule has 1 heterocycles. The highest BCUT2D eigenvalue weighted by atomic mass is 32.1. The summed E-state index contributed by atoms with van der Waals surface area (Å²) < 4.78 is 0. The van der Waals surface area contributed by atoms with E-state index in [4.69, 9.17) is 5.73 Å². The van der Waals surface area contributed by atoms with E-state index in [0.717, 1.165) is 12.1 Å². The van der Waals surface area contributed by atoms with Crippen LogP contribution in [0.15, 0.2) is 28.7 Å². The molecule has 21 heavy (non-hydrogen) atoms. The predicted octanol–water partition coefficient (Wildman–Crippen LogP) is 1.99. The molecule has 108 valence electrons. The van der Waals surface area contributed by atoms with Gasteiger partial charge in [-0.05, 0) is 6.07 Å². The van der Waals surface area contributed by atoms with Gasteiger partial charge in [0, 0.05) is 11.4 Å². The minimum Gasteiger partial charge on any atom is -0.383 e. The van der Waals surface area contributed by atoms with Gasteiger partial charge in [0.2, 0.25) is 5.13 Å². The largest absolute Gasteiger partial charge is 0.383 e. The zero-order valence-corrected chi connectivity index (χ0v) is 11.1. The molecule has 0 spiro atoms. The van der Waals surface area contributed by atoms with Crippen molar-refractivity contribution in [1.29, 1.82) is 0 Å². The van der Waals surface area contributed by atoms with E-state index in [0.29, 0.717) is 10.9 Å². The fourth-order valence-electron chi connectivity index (χ4n) is 1.41. The first-order chi connectivity index (χ1) is 9.97. The van der Waals surface area contributed by atoms with E-state index < -0.39 is 15.5 Å². The molecule has 0 saturated heterocycles. The molecule has 2 rings (SSSR count). The van der Waals surface area contributed by atoms with E-state index in [1.165, 1.54) is 23.6 Å². The molecule has 1 aromatic carbocycles. The minimum absolute atomic E-state index is 0.127. The number of aromatic nitrogens is 1. The molecule has 0 saturated carbocycles. The lowest BCUT2D eigenvalue weighted by molar-refractivity contribution is -0.394. The lowest BCUT2D eigenvalue weighted by atomic mass is 10.2. The number of nitrogens with two attached hydrogens (primary N) is 1. The summed E-state index contributed by atoms with van der Waals surface area (Å²) in [5, 5.41) is 27.3. The third kappa shape index (κ3) is 3.48. The summed E-state index contributed by atoms with van der Waals surface area (Å²) in [6, 6.07) is 3.29. The van der Waals surface area contributed by atoms with Crippen LogP contribution < -0.4 is 11.2 Å². The number of hydrazone groups is 1. The second-order valence-electron chi connectivity index (χ2n) is 3.70. The van der Waals surface area contributed by atoms with E-state index >= 15 is 0 Å². The lowest BCUT2D eigenvalue weighted by Gasteiger charge is -1.98. The summed E-state index contributed by atoms with van der Waals surface area (Å²) >= 11 is 1.22. The highest BCUT2D eigenvalue weighted by molar-refractivity contribution is 7.14. The summed E-state index contributed by atoms with van der Waals surface area (Å²) in [6.07, 6.45) is 1.18. The summed E-state index contributed by atoms with van der Waals surface area (Å²) in [5.74, 6) is 0.332. The van der Waals surface area contributed by atoms with Crippen LogP contribution in [-0.2, 0) is 0 Å². The van der Waals surface area contributed by atoms with Gasteiger partial charge in [-0.25, -0.2) is 4.98 Å². The van der Waals surface area contributed by atoms with Gasteiger partial charge in [-0.15, -0.1) is 11.3 Å². The van der Waals surface area contributed by atoms with Crippen molar-refractivity contribution in [2.45, 2.75) is 0 Å². The maximum Gasteiger partial charge on any atom is 0.285 e. The Bertz CT molecular complexity index is 728. The number of rotatable bonds is 5. The van der Waals surface area contributed by atoms with Crippen molar-refractivity contribution in [2.75, 3.05) is 11.2 Å². The molecule has 3 N–H and O–H groups in total. The zero-order chi connectivity index (χ0) is 15.4. The number of nitro benzene ring substituents is 2. The van der Waals surface area contributed by atoms with Crippen molar-refractivity contribution in [1.82, 2.24) is 4.98 Å². The van der Waals surface area contributed by atoms with Gasteiger partial charge in [-0.3, -0.25) is 25.7 Å². The maximum atomic E-state index is 10.9. The van der Waals surface area contributed by atoms with Crippen molar-refractivity contribution >= 4 is 39.9 Å². The lowest BCUT2D eigenvalue weighted by Crippen LogP contribution is -1.98. The van der Waals surface area contributed by atoms with Crippen molar-refractivity contribution in [3.63, 3.8) is 0 Å². The first-order valence-electron chi connectivity index (χ1n) is 5.40. The predicted molar refractivity (Wildman–Crippen MR) is 77.5 cm³/mol. The van der Waals surface area contributed by atoms with Crippen LogP contribution in [0.3, 0.4) is 0 Å². The number of benzene rings is 1. The van der Waals surface area contributed by atoms with Crippen molar-refractivity contribution in [3.8, 4) is 0 Å². The Morgan fingerprint density at radius 3 is 2.67 bits per heavy atom. The molecule has 0 radical (unpaired) electrons. The van der Waals surface area contributed by atoms with Gasteiger partial charge in [0.05, 0.1) is 27.7 Å². The third-order valence-electron chi connectivity index (χ3n) is 2.31. The number of hydrogen-bond acceptors (Lipinski definition) is 9. The molecule has 0 atom stereocenters. The zero-order valence-electron chi connectivity index (χ0n) is 10.3. The molecule has 0 aliphatic heterocycles. The molecule has 0 unspecified atom stereocenters. The SMILES string of the molecule is Nc1csc(NN=Cc2ccc([N+](=O)[O-])cc2[N+](=O)[O-])n1. The smallest absolute Gasteiger partial charge is 0.285 e. The Balaban J connectivity index is 2.22. The van der Waals surface area contributed by atoms with Crippen LogP contribution in [0.5, 0.6) is 0 Å². The van der Waals surface area contributed by atoms with Gasteiger partial charge in [-0.2, -0.15) is 5.10 Å². The number of anilines is 2. The van der Waals surface area contributed by atoms with Gasteiger partial charge in [0.25, 0.3) is 11.4 Å². The van der Waals surface area contributed by atoms with Crippen LogP contribution in [-0.4, -0.2) is 21.0 Å². The fourth-order valence-corrected chi connectivity index (χ4v) is 1.96. The molecule has 0 fully saturated rings. The quantitative estimate of drug-likeness (QED) is 0.487. The number of nitrogen functional groups attached to an aromatic ring is 1. The van der Waals surface area contributed by atoms with Gasteiger partial charge >= 0.3 is 0 Å². The molecule has 0 amide bonds. The van der Waals surface area contributed by atoms with Crippen LogP contribution in [0.2, 0.25) is 0 Å². The molecular weight excluding hydrogens is 300 g/mol. The van der Waals surface area contributed by atoms with E-state index in [1.807, 2.05) is 0 Å². The number of hydrogen-bond donors (Lipinski definition) is 2. The van der Waals surface area contributed by atoms with Crippen LogP contribution >= 0.6 is 11.3 Å². The van der Waals surface area contributed by atoms with Gasteiger partial charge < -0.3 is 5.73 Å². The molecular formula is C10H8N6O4S. The van der Waals surface area contributed by atoms with Crippen molar-refractivity contribution in [2.24, 2.45) is 5.10 Å². The average Bonchev–Trinajstić information content (AvgIpc) is 2.84. The topological polar surface area (TPSA) is 150 Å². The minimum atomic E-state index is -0.713. The number of nitrogens with zero attached hydrogens (tertiary/aromatic N) is 4. The van der Waals surface area contributed by atoms with E-state index in [-0.39, 0.29) is 11.3 Å². The normalized spacial score (nSPS) is 10.7. The summed E-state index contributed by atoms with van der Waals surface area (Å²) in [7, 11) is 0. The van der Waals surface area contributed by atoms with Gasteiger partial charge in [0.15, 0.2) is 0 Å².